The van der Waals surface area contributed by atoms with Gasteiger partial charge in [-0.15, -0.1) is 0 Å². The molecule has 4 heteroatoms. The first-order valence-corrected chi connectivity index (χ1v) is 16.9. The third-order valence-electron chi connectivity index (χ3n) is 7.82. The summed E-state index contributed by atoms with van der Waals surface area (Å²) in [6.45, 7) is 11.2. The van der Waals surface area contributed by atoms with Gasteiger partial charge in [0.15, 0.2) is 0 Å². The normalized spacial score (nSPS) is 11.2. The average molecular weight is 551 g/mol. The Morgan fingerprint density at radius 3 is 0.975 bits per heavy atom. The van der Waals surface area contributed by atoms with E-state index in [0.717, 1.165) is 13.1 Å². The van der Waals surface area contributed by atoms with Crippen LogP contribution in [0, 0.1) is 0 Å². The molecule has 0 aromatic heterocycles. The van der Waals surface area contributed by atoms with E-state index < -0.39 is 0 Å². The standard InChI is InChI=1S/C36H62N4/c1-5-17-33(18-6-2)39-35-25-21-31(22-26-35)37-29-15-13-11-9-10-12-14-16-30-38-32-23-27-36(28-24-32)40-34(19-7-3)20-8-4/h21-28,33-34,37-40H,5-20,29-30H2,1-4H3. The molecule has 0 saturated carbocycles. The molecule has 2 rings (SSSR count). The number of hydrogen-bond acceptors (Lipinski definition) is 4. The number of benzene rings is 2. The Kier molecular flexibility index (Phi) is 18.9. The SMILES string of the molecule is CCCC(CCC)Nc1ccc(NCCCCCCCCCCNc2ccc(NC(CCC)CCC)cc2)cc1. The molecule has 0 heterocycles. The lowest BCUT2D eigenvalue weighted by Crippen LogP contribution is -2.18. The first kappa shape index (κ1) is 33.8. The van der Waals surface area contributed by atoms with Crippen molar-refractivity contribution in [1.82, 2.24) is 0 Å². The van der Waals surface area contributed by atoms with Crippen LogP contribution >= 0.6 is 0 Å². The molecule has 40 heavy (non-hydrogen) atoms. The van der Waals surface area contributed by atoms with Gasteiger partial charge in [0.1, 0.15) is 0 Å². The molecule has 0 spiro atoms. The number of hydrogen-bond donors (Lipinski definition) is 4. The number of rotatable bonds is 25. The van der Waals surface area contributed by atoms with Crippen LogP contribution in [0.3, 0.4) is 0 Å². The van der Waals surface area contributed by atoms with Gasteiger partial charge in [-0.1, -0.05) is 91.9 Å². The minimum absolute atomic E-state index is 0.602. The maximum absolute atomic E-state index is 3.71. The summed E-state index contributed by atoms with van der Waals surface area (Å²) in [7, 11) is 0. The van der Waals surface area contributed by atoms with Gasteiger partial charge in [0, 0.05) is 47.9 Å². The number of nitrogens with one attached hydrogen (secondary N) is 4. The van der Waals surface area contributed by atoms with Gasteiger partial charge in [0.25, 0.3) is 0 Å². The summed E-state index contributed by atoms with van der Waals surface area (Å²) >= 11 is 0. The van der Waals surface area contributed by atoms with Crippen LogP contribution < -0.4 is 21.3 Å². The van der Waals surface area contributed by atoms with Crippen molar-refractivity contribution in [2.24, 2.45) is 0 Å². The van der Waals surface area contributed by atoms with Gasteiger partial charge < -0.3 is 21.3 Å². The van der Waals surface area contributed by atoms with Crippen LogP contribution in [0.1, 0.15) is 130 Å². The fraction of sp³-hybridized carbons (Fsp3) is 0.667. The Morgan fingerprint density at radius 2 is 0.675 bits per heavy atom. The fourth-order valence-electron chi connectivity index (χ4n) is 5.59. The maximum atomic E-state index is 3.71. The Balaban J connectivity index is 1.44. The first-order chi connectivity index (χ1) is 19.7. The summed E-state index contributed by atoms with van der Waals surface area (Å²) in [5.41, 5.74) is 4.97. The second kappa shape index (κ2) is 22.3. The predicted molar refractivity (Wildman–Crippen MR) is 181 cm³/mol. The summed E-state index contributed by atoms with van der Waals surface area (Å²) in [6, 6.07) is 19.0. The van der Waals surface area contributed by atoms with Crippen molar-refractivity contribution >= 4 is 22.7 Å². The van der Waals surface area contributed by atoms with Crippen LogP contribution in [-0.4, -0.2) is 25.2 Å². The molecule has 0 unspecified atom stereocenters. The zero-order valence-corrected chi connectivity index (χ0v) is 26.5. The van der Waals surface area contributed by atoms with Gasteiger partial charge in [-0.3, -0.25) is 0 Å². The minimum atomic E-state index is 0.602. The lowest BCUT2D eigenvalue weighted by Gasteiger charge is -2.19. The molecule has 4 nitrogen and oxygen atoms in total. The quantitative estimate of drug-likeness (QED) is 0.0928. The van der Waals surface area contributed by atoms with E-state index in [4.69, 9.17) is 0 Å². The van der Waals surface area contributed by atoms with Crippen LogP contribution in [-0.2, 0) is 0 Å². The smallest absolute Gasteiger partial charge is 0.0343 e. The monoisotopic (exact) mass is 550 g/mol. The largest absolute Gasteiger partial charge is 0.385 e. The van der Waals surface area contributed by atoms with Crippen LogP contribution in [0.2, 0.25) is 0 Å². The van der Waals surface area contributed by atoms with E-state index in [-0.39, 0.29) is 0 Å². The molecule has 0 saturated heterocycles. The molecule has 0 fully saturated rings. The summed E-state index contributed by atoms with van der Waals surface area (Å²) in [5, 5.41) is 14.6. The predicted octanol–water partition coefficient (Wildman–Crippen LogP) is 11.1. The van der Waals surface area contributed by atoms with Crippen LogP contribution in [0.5, 0.6) is 0 Å². The molecule has 0 radical (unpaired) electrons. The average Bonchev–Trinajstić information content (AvgIpc) is 2.96. The third kappa shape index (κ3) is 15.4. The van der Waals surface area contributed by atoms with E-state index in [2.05, 4.69) is 97.5 Å². The van der Waals surface area contributed by atoms with E-state index in [9.17, 15) is 0 Å². The van der Waals surface area contributed by atoms with Crippen molar-refractivity contribution in [3.05, 3.63) is 48.5 Å². The molecular formula is C36H62N4. The Hall–Kier alpha value is -2.36. The topological polar surface area (TPSA) is 48.1 Å². The molecule has 2 aromatic rings. The molecule has 0 bridgehead atoms. The van der Waals surface area contributed by atoms with Crippen LogP contribution in [0.4, 0.5) is 22.7 Å². The van der Waals surface area contributed by atoms with E-state index in [1.807, 2.05) is 0 Å². The zero-order valence-electron chi connectivity index (χ0n) is 26.5. The van der Waals surface area contributed by atoms with Crippen molar-refractivity contribution in [3.63, 3.8) is 0 Å². The molecule has 2 aromatic carbocycles. The molecule has 0 atom stereocenters. The third-order valence-corrected chi connectivity index (χ3v) is 7.82. The van der Waals surface area contributed by atoms with E-state index in [1.54, 1.807) is 0 Å². The molecule has 0 amide bonds. The van der Waals surface area contributed by atoms with Gasteiger partial charge in [0.05, 0.1) is 0 Å². The van der Waals surface area contributed by atoms with Gasteiger partial charge >= 0.3 is 0 Å². The Morgan fingerprint density at radius 1 is 0.400 bits per heavy atom. The summed E-state index contributed by atoms with van der Waals surface area (Å²) < 4.78 is 0. The van der Waals surface area contributed by atoms with E-state index >= 15 is 0 Å². The Bertz CT molecular complexity index is 749. The van der Waals surface area contributed by atoms with Crippen molar-refractivity contribution in [2.75, 3.05) is 34.4 Å². The highest BCUT2D eigenvalue weighted by atomic mass is 14.9. The molecular weight excluding hydrogens is 488 g/mol. The minimum Gasteiger partial charge on any atom is -0.385 e. The first-order valence-electron chi connectivity index (χ1n) is 16.9. The van der Waals surface area contributed by atoms with Crippen molar-refractivity contribution < 1.29 is 0 Å². The highest BCUT2D eigenvalue weighted by Crippen LogP contribution is 2.19. The second-order valence-electron chi connectivity index (χ2n) is 11.7. The highest BCUT2D eigenvalue weighted by Gasteiger charge is 2.07. The van der Waals surface area contributed by atoms with Crippen molar-refractivity contribution in [2.45, 2.75) is 143 Å². The zero-order chi connectivity index (χ0) is 28.7. The molecule has 226 valence electrons. The highest BCUT2D eigenvalue weighted by molar-refractivity contribution is 5.54. The molecule has 0 aliphatic carbocycles. The molecule has 0 aliphatic rings. The fourth-order valence-corrected chi connectivity index (χ4v) is 5.59. The lowest BCUT2D eigenvalue weighted by atomic mass is 10.1. The van der Waals surface area contributed by atoms with Gasteiger partial charge in [-0.25, -0.2) is 0 Å². The maximum Gasteiger partial charge on any atom is 0.0343 e. The molecule has 0 aliphatic heterocycles. The summed E-state index contributed by atoms with van der Waals surface area (Å²) in [5.74, 6) is 0. The van der Waals surface area contributed by atoms with E-state index in [0.29, 0.717) is 12.1 Å². The number of unbranched alkanes of at least 4 members (excludes halogenated alkanes) is 7. The molecule has 4 N–H and O–H groups in total. The number of anilines is 4. The van der Waals surface area contributed by atoms with Crippen LogP contribution in [0.15, 0.2) is 48.5 Å². The van der Waals surface area contributed by atoms with Crippen molar-refractivity contribution in [1.29, 1.82) is 0 Å². The van der Waals surface area contributed by atoms with Gasteiger partial charge in [-0.05, 0) is 87.1 Å². The summed E-state index contributed by atoms with van der Waals surface area (Å²) in [6.07, 6.45) is 20.6. The van der Waals surface area contributed by atoms with Crippen LogP contribution in [0.25, 0.3) is 0 Å². The van der Waals surface area contributed by atoms with Gasteiger partial charge in [0.2, 0.25) is 0 Å². The van der Waals surface area contributed by atoms with Gasteiger partial charge in [-0.2, -0.15) is 0 Å². The van der Waals surface area contributed by atoms with Crippen molar-refractivity contribution in [3.8, 4) is 0 Å². The Labute approximate surface area is 247 Å². The summed E-state index contributed by atoms with van der Waals surface area (Å²) in [4.78, 5) is 0. The second-order valence-corrected chi connectivity index (χ2v) is 11.7. The lowest BCUT2D eigenvalue weighted by molar-refractivity contribution is 0.577. The van der Waals surface area contributed by atoms with E-state index in [1.165, 1.54) is 125 Å².